The van der Waals surface area contributed by atoms with Crippen molar-refractivity contribution >= 4 is 27.1 Å². The molecule has 0 aliphatic heterocycles. The second-order valence-corrected chi connectivity index (χ2v) is 7.00. The summed E-state index contributed by atoms with van der Waals surface area (Å²) < 4.78 is 65.0. The normalized spacial score (nSPS) is 11.9. The number of halogens is 3. The van der Waals surface area contributed by atoms with Gasteiger partial charge in [-0.2, -0.15) is 13.2 Å². The van der Waals surface area contributed by atoms with Crippen LogP contribution in [0.2, 0.25) is 0 Å². The van der Waals surface area contributed by atoms with Crippen LogP contribution in [0.15, 0.2) is 41.3 Å². The molecule has 9 nitrogen and oxygen atoms in total. The average molecular weight is 405 g/mol. The number of sulfonamides is 1. The van der Waals surface area contributed by atoms with Crippen molar-refractivity contribution in [3.8, 4) is 0 Å². The quantitative estimate of drug-likeness (QED) is 0.597. The maximum absolute atomic E-state index is 12.9. The van der Waals surface area contributed by atoms with E-state index >= 15 is 0 Å². The standard InChI is InChI=1S/C14H10F3N3O6S/c1-8-2-4-10(5-3-8)27(25,26)18-13-11(19(21)22)6-9(14(15,16)17)7-12(13)20(23)24/h2-7,18H,1H3. The van der Waals surface area contributed by atoms with Crippen molar-refractivity contribution in [3.05, 3.63) is 67.8 Å². The van der Waals surface area contributed by atoms with Crippen molar-refractivity contribution in [3.63, 3.8) is 0 Å². The molecule has 0 atom stereocenters. The van der Waals surface area contributed by atoms with Crippen LogP contribution < -0.4 is 4.72 Å². The highest BCUT2D eigenvalue weighted by molar-refractivity contribution is 7.92. The third kappa shape index (κ3) is 4.31. The third-order valence-electron chi connectivity index (χ3n) is 3.39. The van der Waals surface area contributed by atoms with E-state index < -0.39 is 48.7 Å². The van der Waals surface area contributed by atoms with Crippen LogP contribution in [0.3, 0.4) is 0 Å². The van der Waals surface area contributed by atoms with E-state index in [1.54, 1.807) is 11.6 Å². The fourth-order valence-electron chi connectivity index (χ4n) is 2.08. The molecular formula is C14H10F3N3O6S. The molecule has 144 valence electrons. The number of anilines is 1. The Labute approximate surface area is 149 Å². The molecular weight excluding hydrogens is 395 g/mol. The van der Waals surface area contributed by atoms with E-state index in [1.807, 2.05) is 0 Å². The van der Waals surface area contributed by atoms with Gasteiger partial charge in [-0.1, -0.05) is 17.7 Å². The molecule has 0 aromatic heterocycles. The number of hydrogen-bond acceptors (Lipinski definition) is 6. The molecule has 0 bridgehead atoms. The maximum atomic E-state index is 12.9. The zero-order valence-electron chi connectivity index (χ0n) is 13.4. The van der Waals surface area contributed by atoms with Gasteiger partial charge in [-0.15, -0.1) is 0 Å². The van der Waals surface area contributed by atoms with E-state index in [9.17, 15) is 41.8 Å². The van der Waals surface area contributed by atoms with Gasteiger partial charge in [-0.05, 0) is 19.1 Å². The van der Waals surface area contributed by atoms with Gasteiger partial charge in [0.05, 0.1) is 20.3 Å². The lowest BCUT2D eigenvalue weighted by atomic mass is 10.1. The molecule has 0 radical (unpaired) electrons. The van der Waals surface area contributed by atoms with Crippen molar-refractivity contribution in [1.29, 1.82) is 0 Å². The Balaban J connectivity index is 2.69. The van der Waals surface area contributed by atoms with Crippen LogP contribution in [0.1, 0.15) is 11.1 Å². The zero-order chi connectivity index (χ0) is 20.6. The Hall–Kier alpha value is -3.22. The first-order chi connectivity index (χ1) is 12.3. The Morgan fingerprint density at radius 2 is 1.41 bits per heavy atom. The number of nitro benzene ring substituents is 2. The molecule has 0 spiro atoms. The van der Waals surface area contributed by atoms with Crippen LogP contribution in [0.4, 0.5) is 30.2 Å². The predicted molar refractivity (Wildman–Crippen MR) is 86.7 cm³/mol. The molecule has 0 saturated heterocycles. The van der Waals surface area contributed by atoms with E-state index in [-0.39, 0.29) is 17.0 Å². The van der Waals surface area contributed by atoms with Gasteiger partial charge in [0.25, 0.3) is 10.0 Å². The minimum atomic E-state index is -5.11. The molecule has 27 heavy (non-hydrogen) atoms. The molecule has 0 heterocycles. The van der Waals surface area contributed by atoms with Gasteiger partial charge in [0, 0.05) is 12.1 Å². The lowest BCUT2D eigenvalue weighted by Gasteiger charge is -2.12. The Kier molecular flexibility index (Phi) is 5.08. The molecule has 0 saturated carbocycles. The summed E-state index contributed by atoms with van der Waals surface area (Å²) in [6.07, 6.45) is -5.11. The van der Waals surface area contributed by atoms with Crippen molar-refractivity contribution in [1.82, 2.24) is 0 Å². The molecule has 2 aromatic rings. The van der Waals surface area contributed by atoms with Crippen molar-refractivity contribution in [2.45, 2.75) is 18.0 Å². The number of nitrogens with one attached hydrogen (secondary N) is 1. The summed E-state index contributed by atoms with van der Waals surface area (Å²) in [5.74, 6) is 0. The molecule has 0 fully saturated rings. The first-order valence-corrected chi connectivity index (χ1v) is 8.45. The average Bonchev–Trinajstić information content (AvgIpc) is 2.53. The van der Waals surface area contributed by atoms with Gasteiger partial charge in [0.2, 0.25) is 5.69 Å². The number of benzene rings is 2. The summed E-state index contributed by atoms with van der Waals surface area (Å²) in [5, 5.41) is 22.2. The Morgan fingerprint density at radius 1 is 0.963 bits per heavy atom. The summed E-state index contributed by atoms with van der Waals surface area (Å²) in [7, 11) is -4.53. The van der Waals surface area contributed by atoms with E-state index in [1.165, 1.54) is 12.1 Å². The Morgan fingerprint density at radius 3 is 1.78 bits per heavy atom. The van der Waals surface area contributed by atoms with Gasteiger partial charge in [-0.25, -0.2) is 8.42 Å². The number of nitrogens with zero attached hydrogens (tertiary/aromatic N) is 2. The SMILES string of the molecule is Cc1ccc(S(=O)(=O)Nc2c([N+](=O)[O-])cc(C(F)(F)F)cc2[N+](=O)[O-])cc1. The van der Waals surface area contributed by atoms with Crippen LogP contribution >= 0.6 is 0 Å². The van der Waals surface area contributed by atoms with Gasteiger partial charge in [0.15, 0.2) is 0 Å². The van der Waals surface area contributed by atoms with Crippen molar-refractivity contribution in [2.75, 3.05) is 4.72 Å². The third-order valence-corrected chi connectivity index (χ3v) is 4.75. The lowest BCUT2D eigenvalue weighted by Crippen LogP contribution is -2.16. The van der Waals surface area contributed by atoms with Gasteiger partial charge in [0.1, 0.15) is 0 Å². The topological polar surface area (TPSA) is 132 Å². The summed E-state index contributed by atoms with van der Waals surface area (Å²) in [4.78, 5) is 19.2. The summed E-state index contributed by atoms with van der Waals surface area (Å²) >= 11 is 0. The summed E-state index contributed by atoms with van der Waals surface area (Å²) in [5.41, 5.74) is -4.92. The van der Waals surface area contributed by atoms with E-state index in [0.717, 1.165) is 12.1 Å². The van der Waals surface area contributed by atoms with E-state index in [4.69, 9.17) is 0 Å². The molecule has 1 N–H and O–H groups in total. The largest absolute Gasteiger partial charge is 0.416 e. The fraction of sp³-hybridized carbons (Fsp3) is 0.143. The fourth-order valence-corrected chi connectivity index (χ4v) is 3.17. The minimum absolute atomic E-state index is 0.0278. The highest BCUT2D eigenvalue weighted by atomic mass is 32.2. The molecule has 13 heteroatoms. The molecule has 0 unspecified atom stereocenters. The van der Waals surface area contributed by atoms with Crippen molar-refractivity contribution in [2.24, 2.45) is 0 Å². The van der Waals surface area contributed by atoms with Gasteiger partial charge >= 0.3 is 17.6 Å². The van der Waals surface area contributed by atoms with Gasteiger partial charge in [-0.3, -0.25) is 25.0 Å². The van der Waals surface area contributed by atoms with E-state index in [0.29, 0.717) is 5.56 Å². The maximum Gasteiger partial charge on any atom is 0.416 e. The van der Waals surface area contributed by atoms with Crippen LogP contribution in [0.25, 0.3) is 0 Å². The smallest absolute Gasteiger partial charge is 0.267 e. The van der Waals surface area contributed by atoms with Gasteiger partial charge < -0.3 is 0 Å². The number of rotatable bonds is 5. The molecule has 2 aromatic carbocycles. The monoisotopic (exact) mass is 405 g/mol. The summed E-state index contributed by atoms with van der Waals surface area (Å²) in [6, 6.07) is 5.15. The molecule has 0 aliphatic rings. The van der Waals surface area contributed by atoms with Crippen LogP contribution in [-0.4, -0.2) is 18.3 Å². The van der Waals surface area contributed by atoms with Crippen LogP contribution in [0.5, 0.6) is 0 Å². The number of hydrogen-bond donors (Lipinski definition) is 1. The molecule has 0 amide bonds. The number of aryl methyl sites for hydroxylation is 1. The Bertz CT molecular complexity index is 984. The number of nitro groups is 2. The van der Waals surface area contributed by atoms with Crippen LogP contribution in [0, 0.1) is 27.2 Å². The first kappa shape index (κ1) is 20.1. The molecule has 0 aliphatic carbocycles. The molecule has 2 rings (SSSR count). The second-order valence-electron chi connectivity index (χ2n) is 5.32. The zero-order valence-corrected chi connectivity index (χ0v) is 14.2. The van der Waals surface area contributed by atoms with Crippen molar-refractivity contribution < 1.29 is 31.4 Å². The predicted octanol–water partition coefficient (Wildman–Crippen LogP) is 3.63. The minimum Gasteiger partial charge on any atom is -0.267 e. The van der Waals surface area contributed by atoms with Crippen LogP contribution in [-0.2, 0) is 16.2 Å². The number of alkyl halides is 3. The summed E-state index contributed by atoms with van der Waals surface area (Å²) in [6.45, 7) is 1.66. The highest BCUT2D eigenvalue weighted by Crippen LogP contribution is 2.41. The second kappa shape index (κ2) is 6.83. The first-order valence-electron chi connectivity index (χ1n) is 6.96. The highest BCUT2D eigenvalue weighted by Gasteiger charge is 2.38. The van der Waals surface area contributed by atoms with E-state index in [2.05, 4.69) is 0 Å². The lowest BCUT2D eigenvalue weighted by molar-refractivity contribution is -0.392.